The minimum Gasteiger partial charge on any atom is -0.452 e. The quantitative estimate of drug-likeness (QED) is 0.664. The lowest BCUT2D eigenvalue weighted by molar-refractivity contribution is -0.125. The van der Waals surface area contributed by atoms with E-state index >= 15 is 0 Å². The predicted molar refractivity (Wildman–Crippen MR) is 88.2 cm³/mol. The van der Waals surface area contributed by atoms with Crippen LogP contribution in [-0.2, 0) is 9.53 Å². The van der Waals surface area contributed by atoms with Crippen LogP contribution in [0.25, 0.3) is 0 Å². The van der Waals surface area contributed by atoms with Gasteiger partial charge in [-0.25, -0.2) is 4.79 Å². The normalized spacial score (nSPS) is 9.92. The number of ether oxygens (including phenoxy) is 1. The standard InChI is InChI=1S/C18H18N2O4/c1-12-7-9-14(10-8-12)17(22)20-19-16(21)11-24-18(23)15-6-4-3-5-13(15)2/h3-10H,11H2,1-2H3,(H,19,21)(H,20,22). The number of hydrogen-bond acceptors (Lipinski definition) is 4. The van der Waals surface area contributed by atoms with E-state index in [1.807, 2.05) is 6.92 Å². The number of hydrogen-bond donors (Lipinski definition) is 2. The van der Waals surface area contributed by atoms with Crippen molar-refractivity contribution < 1.29 is 19.1 Å². The first-order chi connectivity index (χ1) is 11.5. The highest BCUT2D eigenvalue weighted by molar-refractivity contribution is 5.96. The summed E-state index contributed by atoms with van der Waals surface area (Å²) in [4.78, 5) is 35.4. The average molecular weight is 326 g/mol. The van der Waals surface area contributed by atoms with Gasteiger partial charge in [0.25, 0.3) is 11.8 Å². The third kappa shape index (κ3) is 4.67. The van der Waals surface area contributed by atoms with Gasteiger partial charge in [0, 0.05) is 5.56 Å². The molecule has 0 radical (unpaired) electrons. The Labute approximate surface area is 139 Å². The minimum atomic E-state index is -0.627. The second-order valence-corrected chi connectivity index (χ2v) is 5.26. The van der Waals surface area contributed by atoms with Crippen LogP contribution < -0.4 is 10.9 Å². The predicted octanol–water partition coefficient (Wildman–Crippen LogP) is 1.92. The molecule has 0 spiro atoms. The number of carbonyl (C=O) groups is 3. The maximum absolute atomic E-state index is 11.9. The molecule has 2 aromatic rings. The fraction of sp³-hybridized carbons (Fsp3) is 0.167. The van der Waals surface area contributed by atoms with Gasteiger partial charge in [-0.1, -0.05) is 35.9 Å². The van der Waals surface area contributed by atoms with E-state index in [0.29, 0.717) is 11.1 Å². The summed E-state index contributed by atoms with van der Waals surface area (Å²) < 4.78 is 4.92. The molecule has 2 amide bonds. The first-order valence-electron chi connectivity index (χ1n) is 7.36. The van der Waals surface area contributed by atoms with Gasteiger partial charge in [0.15, 0.2) is 6.61 Å². The number of hydrazine groups is 1. The molecule has 0 unspecified atom stereocenters. The Morgan fingerprint density at radius 2 is 1.58 bits per heavy atom. The number of esters is 1. The van der Waals surface area contributed by atoms with Crippen molar-refractivity contribution in [3.63, 3.8) is 0 Å². The number of carbonyl (C=O) groups excluding carboxylic acids is 3. The summed E-state index contributed by atoms with van der Waals surface area (Å²) >= 11 is 0. The molecule has 0 fully saturated rings. The fourth-order valence-corrected chi connectivity index (χ4v) is 1.95. The number of rotatable bonds is 4. The van der Waals surface area contributed by atoms with Crippen LogP contribution in [0.4, 0.5) is 0 Å². The molecule has 0 bridgehead atoms. The molecule has 0 atom stereocenters. The van der Waals surface area contributed by atoms with Crippen molar-refractivity contribution in [2.24, 2.45) is 0 Å². The van der Waals surface area contributed by atoms with Gasteiger partial charge in [0.1, 0.15) is 0 Å². The molecule has 2 rings (SSSR count). The molecule has 0 aliphatic carbocycles. The zero-order valence-corrected chi connectivity index (χ0v) is 13.5. The van der Waals surface area contributed by atoms with E-state index in [9.17, 15) is 14.4 Å². The van der Waals surface area contributed by atoms with E-state index in [4.69, 9.17) is 4.74 Å². The highest BCUT2D eigenvalue weighted by Crippen LogP contribution is 2.08. The third-order valence-corrected chi connectivity index (χ3v) is 3.33. The summed E-state index contributed by atoms with van der Waals surface area (Å²) in [5, 5.41) is 0. The molecule has 2 N–H and O–H groups in total. The zero-order chi connectivity index (χ0) is 17.5. The lowest BCUT2D eigenvalue weighted by Gasteiger charge is -2.09. The molecule has 6 heteroatoms. The Balaban J connectivity index is 1.79. The second-order valence-electron chi connectivity index (χ2n) is 5.26. The van der Waals surface area contributed by atoms with Gasteiger partial charge in [0.05, 0.1) is 5.56 Å². The molecule has 0 aliphatic rings. The van der Waals surface area contributed by atoms with Crippen LogP contribution in [0.2, 0.25) is 0 Å². The average Bonchev–Trinajstić information content (AvgIpc) is 2.58. The van der Waals surface area contributed by atoms with E-state index in [-0.39, 0.29) is 0 Å². The van der Waals surface area contributed by atoms with E-state index in [2.05, 4.69) is 10.9 Å². The van der Waals surface area contributed by atoms with Crippen LogP contribution >= 0.6 is 0 Å². The summed E-state index contributed by atoms with van der Waals surface area (Å²) in [5.41, 5.74) is 7.06. The molecule has 24 heavy (non-hydrogen) atoms. The topological polar surface area (TPSA) is 84.5 Å². The number of benzene rings is 2. The molecule has 0 heterocycles. The molecular weight excluding hydrogens is 308 g/mol. The Bertz CT molecular complexity index is 754. The molecular formula is C18H18N2O4. The van der Waals surface area contributed by atoms with Gasteiger partial charge in [-0.2, -0.15) is 0 Å². The van der Waals surface area contributed by atoms with Crippen molar-refractivity contribution in [2.75, 3.05) is 6.61 Å². The fourth-order valence-electron chi connectivity index (χ4n) is 1.95. The Hall–Kier alpha value is -3.15. The molecule has 0 aliphatic heterocycles. The van der Waals surface area contributed by atoms with E-state index in [1.54, 1.807) is 55.5 Å². The summed E-state index contributed by atoms with van der Waals surface area (Å²) in [6, 6.07) is 13.8. The van der Waals surface area contributed by atoms with Crippen LogP contribution in [-0.4, -0.2) is 24.4 Å². The van der Waals surface area contributed by atoms with Crippen molar-refractivity contribution in [1.29, 1.82) is 0 Å². The Kier molecular flexibility index (Phi) is 5.68. The van der Waals surface area contributed by atoms with Gasteiger partial charge in [-0.15, -0.1) is 0 Å². The molecule has 0 saturated carbocycles. The van der Waals surface area contributed by atoms with Gasteiger partial charge in [0.2, 0.25) is 0 Å². The van der Waals surface area contributed by atoms with Crippen molar-refractivity contribution >= 4 is 17.8 Å². The SMILES string of the molecule is Cc1ccc(C(=O)NNC(=O)COC(=O)c2ccccc2C)cc1. The van der Waals surface area contributed by atoms with Crippen LogP contribution in [0.15, 0.2) is 48.5 Å². The van der Waals surface area contributed by atoms with Crippen LogP contribution in [0.1, 0.15) is 31.8 Å². The number of aryl methyl sites for hydroxylation is 2. The van der Waals surface area contributed by atoms with Gasteiger partial charge < -0.3 is 4.74 Å². The van der Waals surface area contributed by atoms with Crippen molar-refractivity contribution in [2.45, 2.75) is 13.8 Å². The van der Waals surface area contributed by atoms with E-state index in [0.717, 1.165) is 11.1 Å². The molecule has 6 nitrogen and oxygen atoms in total. The lowest BCUT2D eigenvalue weighted by atomic mass is 10.1. The summed E-state index contributed by atoms with van der Waals surface area (Å²) in [7, 11) is 0. The molecule has 124 valence electrons. The summed E-state index contributed by atoms with van der Waals surface area (Å²) in [6.45, 7) is 3.20. The van der Waals surface area contributed by atoms with Crippen molar-refractivity contribution in [1.82, 2.24) is 10.9 Å². The smallest absolute Gasteiger partial charge is 0.338 e. The van der Waals surface area contributed by atoms with Crippen LogP contribution in [0.3, 0.4) is 0 Å². The van der Waals surface area contributed by atoms with Crippen LogP contribution in [0, 0.1) is 13.8 Å². The highest BCUT2D eigenvalue weighted by Gasteiger charge is 2.13. The van der Waals surface area contributed by atoms with Crippen LogP contribution in [0.5, 0.6) is 0 Å². The largest absolute Gasteiger partial charge is 0.452 e. The van der Waals surface area contributed by atoms with Gasteiger partial charge in [-0.3, -0.25) is 20.4 Å². The summed E-state index contributed by atoms with van der Waals surface area (Å²) in [5.74, 6) is -1.67. The van der Waals surface area contributed by atoms with E-state index in [1.165, 1.54) is 0 Å². The van der Waals surface area contributed by atoms with Gasteiger partial charge >= 0.3 is 5.97 Å². The monoisotopic (exact) mass is 326 g/mol. The minimum absolute atomic E-state index is 0.397. The number of amides is 2. The van der Waals surface area contributed by atoms with Crippen molar-refractivity contribution in [3.8, 4) is 0 Å². The first kappa shape index (κ1) is 17.2. The highest BCUT2D eigenvalue weighted by atomic mass is 16.5. The number of nitrogens with one attached hydrogen (secondary N) is 2. The van der Waals surface area contributed by atoms with Crippen molar-refractivity contribution in [3.05, 3.63) is 70.8 Å². The molecule has 0 aromatic heterocycles. The zero-order valence-electron chi connectivity index (χ0n) is 13.5. The maximum Gasteiger partial charge on any atom is 0.338 e. The summed E-state index contributed by atoms with van der Waals surface area (Å²) in [6.07, 6.45) is 0. The lowest BCUT2D eigenvalue weighted by Crippen LogP contribution is -2.43. The Morgan fingerprint density at radius 1 is 0.917 bits per heavy atom. The molecule has 2 aromatic carbocycles. The third-order valence-electron chi connectivity index (χ3n) is 3.33. The van der Waals surface area contributed by atoms with E-state index < -0.39 is 24.4 Å². The first-order valence-corrected chi connectivity index (χ1v) is 7.36. The maximum atomic E-state index is 11.9. The Morgan fingerprint density at radius 3 is 2.25 bits per heavy atom. The second kappa shape index (κ2) is 7.92. The molecule has 0 saturated heterocycles. The van der Waals surface area contributed by atoms with Gasteiger partial charge in [-0.05, 0) is 37.6 Å².